The van der Waals surface area contributed by atoms with Crippen LogP contribution in [0.2, 0.25) is 0 Å². The largest absolute Gasteiger partial charge is 0.466 e. The number of hydrogen-bond acceptors (Lipinski definition) is 2. The molecule has 0 amide bonds. The number of unbranched alkanes of at least 4 members (excludes halogenated alkanes) is 75. The zero-order valence-corrected chi connectivity index (χ0v) is 61.9. The van der Waals surface area contributed by atoms with Crippen molar-refractivity contribution in [1.29, 1.82) is 0 Å². The quantitative estimate of drug-likeness (QED) is 0.0448. The first-order valence-corrected chi connectivity index (χ1v) is 42.4. The molecule has 87 heavy (non-hydrogen) atoms. The van der Waals surface area contributed by atoms with Crippen LogP contribution in [0.1, 0.15) is 535 Å². The molecule has 0 bridgehead atoms. The van der Waals surface area contributed by atoms with Crippen LogP contribution in [-0.2, 0) is 9.53 Å². The van der Waals surface area contributed by atoms with Gasteiger partial charge in [0.1, 0.15) is 0 Å². The lowest BCUT2D eigenvalue weighted by Crippen LogP contribution is -2.05. The number of carbonyl (C=O) groups is 1. The second-order valence-electron chi connectivity index (χ2n) is 29.1. The fourth-order valence-electron chi connectivity index (χ4n) is 13.7. The third-order valence-corrected chi connectivity index (χ3v) is 20.0. The molecule has 0 spiro atoms. The number of hydrogen-bond donors (Lipinski definition) is 0. The van der Waals surface area contributed by atoms with Gasteiger partial charge in [0, 0.05) is 6.42 Å². The summed E-state index contributed by atoms with van der Waals surface area (Å²) in [5.41, 5.74) is 0. The molecule has 524 valence electrons. The van der Waals surface area contributed by atoms with Gasteiger partial charge in [0.15, 0.2) is 0 Å². The molecule has 0 fully saturated rings. The molecule has 0 radical (unpaired) electrons. The van der Waals surface area contributed by atoms with Gasteiger partial charge in [0.25, 0.3) is 0 Å². The Labute approximate surface area is 554 Å². The highest BCUT2D eigenvalue weighted by atomic mass is 16.5. The van der Waals surface area contributed by atoms with Crippen molar-refractivity contribution in [1.82, 2.24) is 0 Å². The van der Waals surface area contributed by atoms with Crippen molar-refractivity contribution in [3.63, 3.8) is 0 Å². The molecule has 0 aromatic rings. The highest BCUT2D eigenvalue weighted by molar-refractivity contribution is 5.69. The lowest BCUT2D eigenvalue weighted by molar-refractivity contribution is -0.143. The Kier molecular flexibility index (Phi) is 89.1. The van der Waals surface area contributed by atoms with E-state index in [9.17, 15) is 4.79 Å². The summed E-state index contributed by atoms with van der Waals surface area (Å²) in [6.07, 6.45) is 113. The van der Waals surface area contributed by atoms with E-state index in [0.29, 0.717) is 13.0 Å². The van der Waals surface area contributed by atoms with Crippen LogP contribution in [0.25, 0.3) is 0 Å². The second kappa shape index (κ2) is 87.5. The highest BCUT2D eigenvalue weighted by Crippen LogP contribution is 2.21. The lowest BCUT2D eigenvalue weighted by Gasteiger charge is -2.06. The van der Waals surface area contributed by atoms with Crippen LogP contribution in [0.3, 0.4) is 0 Å². The minimum Gasteiger partial charge on any atom is -0.466 e. The van der Waals surface area contributed by atoms with E-state index in [1.165, 1.54) is 488 Å². The van der Waals surface area contributed by atoms with E-state index in [2.05, 4.69) is 27.7 Å². The van der Waals surface area contributed by atoms with Gasteiger partial charge >= 0.3 is 5.97 Å². The van der Waals surface area contributed by atoms with Crippen LogP contribution >= 0.6 is 0 Å². The fourth-order valence-corrected chi connectivity index (χ4v) is 13.7. The van der Waals surface area contributed by atoms with E-state index in [1.807, 2.05) is 0 Å². The van der Waals surface area contributed by atoms with Gasteiger partial charge in [0.05, 0.1) is 6.61 Å². The third kappa shape index (κ3) is 89.7. The standard InChI is InChI=1S/C52H104O2.C33H68/c1-3-5-7-9-11-13-15-17-19-21-22-23-24-25-26-27-28-29-30-31-32-33-34-36-38-40-42-44-46-48-50-52(53)54-51-49-47-45-43-41-39-37-35-20-18-16-14-12-10-8-6-4-2;1-3-5-7-9-11-13-15-17-19-21-23-25-27-29-31-33-32-30-28-26-24-22-20-18-16-14-12-10-8-6-4-2/h3-51H2,1-2H3;3-33H2,1-2H3. The summed E-state index contributed by atoms with van der Waals surface area (Å²) in [5, 5.41) is 0. The van der Waals surface area contributed by atoms with Crippen molar-refractivity contribution < 1.29 is 9.53 Å². The zero-order valence-electron chi connectivity index (χ0n) is 61.9. The van der Waals surface area contributed by atoms with Gasteiger partial charge in [-0.25, -0.2) is 0 Å². The predicted molar refractivity (Wildman–Crippen MR) is 398 cm³/mol. The van der Waals surface area contributed by atoms with Gasteiger partial charge in [-0.3, -0.25) is 4.79 Å². The maximum Gasteiger partial charge on any atom is 0.305 e. The Bertz CT molecular complexity index is 1100. The van der Waals surface area contributed by atoms with Gasteiger partial charge in [-0.15, -0.1) is 0 Å². The van der Waals surface area contributed by atoms with Crippen LogP contribution in [0.15, 0.2) is 0 Å². The molecule has 0 aliphatic heterocycles. The number of ether oxygens (including phenoxy) is 1. The molecule has 0 saturated carbocycles. The molecule has 0 rings (SSSR count). The number of carbonyl (C=O) groups excluding carboxylic acids is 1. The Morgan fingerprint density at radius 3 is 0.379 bits per heavy atom. The summed E-state index contributed by atoms with van der Waals surface area (Å²) in [4.78, 5) is 12.1. The zero-order chi connectivity index (χ0) is 62.9. The Morgan fingerprint density at radius 1 is 0.149 bits per heavy atom. The van der Waals surface area contributed by atoms with E-state index in [4.69, 9.17) is 4.74 Å². The smallest absolute Gasteiger partial charge is 0.305 e. The first kappa shape index (κ1) is 88.5. The van der Waals surface area contributed by atoms with E-state index in [1.54, 1.807) is 0 Å². The number of rotatable bonds is 79. The predicted octanol–water partition coefficient (Wildman–Crippen LogP) is 32.4. The molecule has 2 heteroatoms. The minimum atomic E-state index is 0.0340. The monoisotopic (exact) mass is 1230 g/mol. The van der Waals surface area contributed by atoms with E-state index < -0.39 is 0 Å². The van der Waals surface area contributed by atoms with Gasteiger partial charge in [-0.05, 0) is 12.8 Å². The van der Waals surface area contributed by atoms with Crippen LogP contribution in [0.5, 0.6) is 0 Å². The Hall–Kier alpha value is -0.530. The molecule has 2 nitrogen and oxygen atoms in total. The van der Waals surface area contributed by atoms with Gasteiger partial charge < -0.3 is 4.74 Å². The average molecular weight is 1230 g/mol. The van der Waals surface area contributed by atoms with Crippen LogP contribution in [0.4, 0.5) is 0 Å². The van der Waals surface area contributed by atoms with Crippen LogP contribution in [0, 0.1) is 0 Å². The molecule has 0 heterocycles. The lowest BCUT2D eigenvalue weighted by atomic mass is 10.0. The molecule has 0 aliphatic rings. The van der Waals surface area contributed by atoms with Crippen LogP contribution < -0.4 is 0 Å². The fraction of sp³-hybridized carbons (Fsp3) is 0.988. The summed E-state index contributed by atoms with van der Waals surface area (Å²) in [6, 6.07) is 0. The molecular formula is C85H172O2. The third-order valence-electron chi connectivity index (χ3n) is 20.0. The Balaban J connectivity index is 0. The first-order chi connectivity index (χ1) is 43.2. The van der Waals surface area contributed by atoms with E-state index >= 15 is 0 Å². The van der Waals surface area contributed by atoms with Gasteiger partial charge in [0.2, 0.25) is 0 Å². The molecule has 0 unspecified atom stereocenters. The molecule has 0 aromatic carbocycles. The highest BCUT2D eigenvalue weighted by Gasteiger charge is 2.04. The van der Waals surface area contributed by atoms with Crippen LogP contribution in [-0.4, -0.2) is 12.6 Å². The molecule has 0 saturated heterocycles. The van der Waals surface area contributed by atoms with Crippen molar-refractivity contribution >= 4 is 5.97 Å². The summed E-state index contributed by atoms with van der Waals surface area (Å²) in [7, 11) is 0. The maximum absolute atomic E-state index is 12.1. The average Bonchev–Trinajstić information content (AvgIpc) is 3.53. The number of esters is 1. The van der Waals surface area contributed by atoms with Gasteiger partial charge in [-0.2, -0.15) is 0 Å². The van der Waals surface area contributed by atoms with E-state index in [0.717, 1.165) is 12.8 Å². The van der Waals surface area contributed by atoms with Crippen molar-refractivity contribution in [2.45, 2.75) is 535 Å². The first-order valence-electron chi connectivity index (χ1n) is 42.4. The Morgan fingerprint density at radius 2 is 0.253 bits per heavy atom. The van der Waals surface area contributed by atoms with Crippen molar-refractivity contribution in [3.05, 3.63) is 0 Å². The maximum atomic E-state index is 12.1. The second-order valence-corrected chi connectivity index (χ2v) is 29.1. The molecule has 0 aliphatic carbocycles. The summed E-state index contributed by atoms with van der Waals surface area (Å²) < 4.78 is 5.49. The van der Waals surface area contributed by atoms with Crippen molar-refractivity contribution in [2.75, 3.05) is 6.61 Å². The minimum absolute atomic E-state index is 0.0340. The van der Waals surface area contributed by atoms with Crippen molar-refractivity contribution in [2.24, 2.45) is 0 Å². The van der Waals surface area contributed by atoms with E-state index in [-0.39, 0.29) is 5.97 Å². The van der Waals surface area contributed by atoms with Gasteiger partial charge in [-0.1, -0.05) is 516 Å². The van der Waals surface area contributed by atoms with Crippen molar-refractivity contribution in [3.8, 4) is 0 Å². The summed E-state index contributed by atoms with van der Waals surface area (Å²) in [5.74, 6) is 0.0340. The topological polar surface area (TPSA) is 26.3 Å². The molecule has 0 aromatic heterocycles. The SMILES string of the molecule is CCCCCCCCCCCCCCCCCCCCCCCCCCCCCCCCC.CCCCCCCCCCCCCCCCCCCCCCCCCCCCCCCCC(=O)OCCCCCCCCCCCCCCCCCCC. The molecule has 0 N–H and O–H groups in total. The summed E-state index contributed by atoms with van der Waals surface area (Å²) >= 11 is 0. The molecule has 0 atom stereocenters. The molecular weight excluding hydrogens is 1050 g/mol. The normalized spacial score (nSPS) is 11.5. The summed E-state index contributed by atoms with van der Waals surface area (Å²) in [6.45, 7) is 9.85.